The van der Waals surface area contributed by atoms with Crippen molar-refractivity contribution >= 4 is 35.1 Å². The number of benzene rings is 1. The molecule has 2 fully saturated rings. The van der Waals surface area contributed by atoms with Gasteiger partial charge in [0.25, 0.3) is 0 Å². The summed E-state index contributed by atoms with van der Waals surface area (Å²) in [6.07, 6.45) is 0.635. The fourth-order valence-electron chi connectivity index (χ4n) is 3.55. The highest BCUT2D eigenvalue weighted by Gasteiger charge is 2.43. The van der Waals surface area contributed by atoms with Crippen LogP contribution in [0.3, 0.4) is 0 Å². The largest absolute Gasteiger partial charge is 0.508 e. The number of phenolic OH excluding ortho intramolecular Hbond substituents is 1. The molecule has 6 nitrogen and oxygen atoms in total. The minimum atomic E-state index is -0.171. The predicted molar refractivity (Wildman–Crippen MR) is 91.6 cm³/mol. The fraction of sp³-hybridized carbons (Fsp3) is 0.500. The number of urea groups is 1. The van der Waals surface area contributed by atoms with Crippen molar-refractivity contribution in [2.75, 3.05) is 33.7 Å². The van der Waals surface area contributed by atoms with Crippen LogP contribution in [0.25, 0.3) is 0 Å². The van der Waals surface area contributed by atoms with Gasteiger partial charge < -0.3 is 19.8 Å². The molecule has 0 aliphatic carbocycles. The molecular formula is C16H19Cl2N3O3. The summed E-state index contributed by atoms with van der Waals surface area (Å²) in [5, 5.41) is 10.9. The maximum Gasteiger partial charge on any atom is 0.320 e. The summed E-state index contributed by atoms with van der Waals surface area (Å²) in [4.78, 5) is 29.4. The number of phenols is 1. The molecule has 3 amide bonds. The second-order valence-corrected chi connectivity index (χ2v) is 7.27. The lowest BCUT2D eigenvalue weighted by atomic mass is 9.95. The Morgan fingerprint density at radius 2 is 2.00 bits per heavy atom. The van der Waals surface area contributed by atoms with E-state index in [9.17, 15) is 14.7 Å². The zero-order valence-corrected chi connectivity index (χ0v) is 15.0. The lowest BCUT2D eigenvalue weighted by Gasteiger charge is -2.37. The number of hydrogen-bond acceptors (Lipinski definition) is 3. The zero-order chi connectivity index (χ0) is 17.6. The molecule has 1 N–H and O–H groups in total. The van der Waals surface area contributed by atoms with Gasteiger partial charge in [0, 0.05) is 38.7 Å². The number of rotatable bonds is 1. The fourth-order valence-corrected chi connectivity index (χ4v) is 4.03. The lowest BCUT2D eigenvalue weighted by Crippen LogP contribution is -2.57. The normalized spacial score (nSPS) is 23.4. The summed E-state index contributed by atoms with van der Waals surface area (Å²) in [6, 6.07) is 2.82. The molecule has 2 atom stereocenters. The van der Waals surface area contributed by atoms with E-state index in [-0.39, 0.29) is 36.2 Å². The molecule has 2 aliphatic heterocycles. The van der Waals surface area contributed by atoms with Crippen LogP contribution in [0.5, 0.6) is 5.75 Å². The van der Waals surface area contributed by atoms with Crippen LogP contribution in [0, 0.1) is 0 Å². The van der Waals surface area contributed by atoms with Crippen molar-refractivity contribution in [1.29, 1.82) is 0 Å². The Morgan fingerprint density at radius 3 is 2.67 bits per heavy atom. The first kappa shape index (κ1) is 17.2. The maximum atomic E-state index is 12.4. The van der Waals surface area contributed by atoms with E-state index in [0.717, 1.165) is 0 Å². The first-order valence-corrected chi connectivity index (χ1v) is 8.47. The van der Waals surface area contributed by atoms with Gasteiger partial charge in [-0.2, -0.15) is 0 Å². The van der Waals surface area contributed by atoms with E-state index >= 15 is 0 Å². The number of halogens is 2. The zero-order valence-electron chi connectivity index (χ0n) is 13.5. The number of aromatic hydroxyl groups is 1. The van der Waals surface area contributed by atoms with Crippen molar-refractivity contribution < 1.29 is 14.7 Å². The number of carbonyl (C=O) groups is 2. The number of fused-ring (bicyclic) bond motifs is 1. The molecule has 130 valence electrons. The van der Waals surface area contributed by atoms with Crippen LogP contribution < -0.4 is 0 Å². The average molecular weight is 372 g/mol. The first-order chi connectivity index (χ1) is 11.3. The summed E-state index contributed by atoms with van der Waals surface area (Å²) < 4.78 is 0. The number of carbonyl (C=O) groups excluding carboxylic acids is 2. The Hall–Kier alpha value is -1.66. The van der Waals surface area contributed by atoms with Crippen LogP contribution in [0.4, 0.5) is 4.79 Å². The summed E-state index contributed by atoms with van der Waals surface area (Å²) in [7, 11) is 3.33. The number of piperazine rings is 1. The SMILES string of the molecule is CN(C)C(=O)N1CC(=O)N2C[C@@H](c3c(O)ccc(Cl)c3Cl)C[C@H]2C1. The van der Waals surface area contributed by atoms with E-state index in [4.69, 9.17) is 23.2 Å². The average Bonchev–Trinajstić information content (AvgIpc) is 2.94. The summed E-state index contributed by atoms with van der Waals surface area (Å²) in [6.45, 7) is 1.04. The third-order valence-electron chi connectivity index (χ3n) is 4.66. The summed E-state index contributed by atoms with van der Waals surface area (Å²) >= 11 is 12.3. The van der Waals surface area contributed by atoms with Gasteiger partial charge in [-0.05, 0) is 18.6 Å². The molecule has 2 heterocycles. The molecule has 0 bridgehead atoms. The molecule has 0 saturated carbocycles. The third-order valence-corrected chi connectivity index (χ3v) is 5.48. The van der Waals surface area contributed by atoms with E-state index < -0.39 is 0 Å². The van der Waals surface area contributed by atoms with Gasteiger partial charge in [0.2, 0.25) is 5.91 Å². The van der Waals surface area contributed by atoms with Gasteiger partial charge in [-0.3, -0.25) is 4.79 Å². The van der Waals surface area contributed by atoms with Gasteiger partial charge >= 0.3 is 6.03 Å². The highest BCUT2D eigenvalue weighted by atomic mass is 35.5. The van der Waals surface area contributed by atoms with Crippen molar-refractivity contribution in [2.24, 2.45) is 0 Å². The molecule has 3 rings (SSSR count). The quantitative estimate of drug-likeness (QED) is 0.823. The van der Waals surface area contributed by atoms with Gasteiger partial charge in [0.05, 0.1) is 16.1 Å². The lowest BCUT2D eigenvalue weighted by molar-refractivity contribution is -0.136. The first-order valence-electron chi connectivity index (χ1n) is 7.72. The third kappa shape index (κ3) is 2.89. The number of amides is 3. The Morgan fingerprint density at radius 1 is 1.29 bits per heavy atom. The van der Waals surface area contributed by atoms with E-state index in [1.165, 1.54) is 11.0 Å². The molecule has 0 aromatic heterocycles. The molecular weight excluding hydrogens is 353 g/mol. The van der Waals surface area contributed by atoms with Crippen molar-refractivity contribution in [3.8, 4) is 5.75 Å². The van der Waals surface area contributed by atoms with Gasteiger partial charge in [0.15, 0.2) is 0 Å². The van der Waals surface area contributed by atoms with E-state index in [1.54, 1.807) is 30.0 Å². The van der Waals surface area contributed by atoms with E-state index in [2.05, 4.69) is 0 Å². The molecule has 1 aromatic rings. The highest BCUT2D eigenvalue weighted by Crippen LogP contribution is 2.43. The van der Waals surface area contributed by atoms with Crippen LogP contribution in [-0.4, -0.2) is 71.5 Å². The van der Waals surface area contributed by atoms with E-state index in [1.807, 2.05) is 0 Å². The second kappa shape index (κ2) is 6.33. The molecule has 2 aliphatic rings. The topological polar surface area (TPSA) is 64.1 Å². The molecule has 0 spiro atoms. The van der Waals surface area contributed by atoms with Gasteiger partial charge in [-0.15, -0.1) is 0 Å². The van der Waals surface area contributed by atoms with Gasteiger partial charge in [-0.25, -0.2) is 4.79 Å². The predicted octanol–water partition coefficient (Wildman–Crippen LogP) is 2.38. The minimum absolute atomic E-state index is 0.0744. The van der Waals surface area contributed by atoms with Crippen LogP contribution >= 0.6 is 23.2 Å². The molecule has 2 saturated heterocycles. The van der Waals surface area contributed by atoms with Crippen molar-refractivity contribution in [2.45, 2.75) is 18.4 Å². The van der Waals surface area contributed by atoms with Crippen LogP contribution in [0.15, 0.2) is 12.1 Å². The van der Waals surface area contributed by atoms with Crippen molar-refractivity contribution in [1.82, 2.24) is 14.7 Å². The Kier molecular flexibility index (Phi) is 4.53. The van der Waals surface area contributed by atoms with Gasteiger partial charge in [0.1, 0.15) is 12.3 Å². The summed E-state index contributed by atoms with van der Waals surface area (Å²) in [5.74, 6) is -0.0935. The van der Waals surface area contributed by atoms with Crippen LogP contribution in [-0.2, 0) is 4.79 Å². The maximum absolute atomic E-state index is 12.4. The molecule has 1 aromatic carbocycles. The molecule has 8 heteroatoms. The number of hydrogen-bond donors (Lipinski definition) is 1. The Balaban J connectivity index is 1.83. The second-order valence-electron chi connectivity index (χ2n) is 6.48. The van der Waals surface area contributed by atoms with E-state index in [0.29, 0.717) is 35.1 Å². The highest BCUT2D eigenvalue weighted by molar-refractivity contribution is 6.42. The molecule has 24 heavy (non-hydrogen) atoms. The number of nitrogens with zero attached hydrogens (tertiary/aromatic N) is 3. The summed E-state index contributed by atoms with van der Waals surface area (Å²) in [5.41, 5.74) is 0.580. The monoisotopic (exact) mass is 371 g/mol. The Bertz CT molecular complexity index is 695. The van der Waals surface area contributed by atoms with Crippen LogP contribution in [0.2, 0.25) is 10.0 Å². The Labute approximate surface area is 150 Å². The smallest absolute Gasteiger partial charge is 0.320 e. The van der Waals surface area contributed by atoms with Crippen LogP contribution in [0.1, 0.15) is 17.9 Å². The standard InChI is InChI=1S/C16H19Cl2N3O3/c1-19(2)16(24)20-7-10-5-9(6-21(10)13(23)8-20)14-12(22)4-3-11(17)15(14)18/h3-4,9-10,22H,5-8H2,1-2H3/t9-,10-/m0/s1. The molecule has 0 unspecified atom stereocenters. The van der Waals surface area contributed by atoms with Crippen molar-refractivity contribution in [3.63, 3.8) is 0 Å². The van der Waals surface area contributed by atoms with Gasteiger partial charge in [-0.1, -0.05) is 23.2 Å². The van der Waals surface area contributed by atoms with Crippen molar-refractivity contribution in [3.05, 3.63) is 27.7 Å². The minimum Gasteiger partial charge on any atom is -0.508 e. The molecule has 0 radical (unpaired) electrons.